The number of carbonyl (C=O) groups is 2. The highest BCUT2D eigenvalue weighted by atomic mass is 16.5. The number of amides is 1. The van der Waals surface area contributed by atoms with E-state index in [4.69, 9.17) is 9.47 Å². The predicted molar refractivity (Wildman–Crippen MR) is 105 cm³/mol. The van der Waals surface area contributed by atoms with E-state index in [2.05, 4.69) is 5.32 Å². The Morgan fingerprint density at radius 3 is 2.18 bits per heavy atom. The highest BCUT2D eigenvalue weighted by molar-refractivity contribution is 6.07. The molecule has 2 N–H and O–H groups in total. The maximum Gasteiger partial charge on any atom is 0.337 e. The van der Waals surface area contributed by atoms with Crippen molar-refractivity contribution in [1.29, 1.82) is 0 Å². The van der Waals surface area contributed by atoms with Crippen LogP contribution in [0.1, 0.15) is 26.3 Å². The number of hydrogen-bond donors (Lipinski definition) is 2. The van der Waals surface area contributed by atoms with Gasteiger partial charge in [-0.05, 0) is 54.1 Å². The van der Waals surface area contributed by atoms with Crippen molar-refractivity contribution in [2.24, 2.45) is 0 Å². The van der Waals surface area contributed by atoms with Crippen LogP contribution in [0.3, 0.4) is 0 Å². The second-order valence-corrected chi connectivity index (χ2v) is 5.97. The molecule has 0 unspecified atom stereocenters. The Morgan fingerprint density at radius 1 is 0.893 bits per heavy atom. The third kappa shape index (κ3) is 4.67. The standard InChI is InChI=1S/C22H19NO5/c1-27-17-10-12-18(13-11-17)28-14-15-6-8-16(9-7-15)21(24)23-20-5-3-2-4-19(20)22(25)26/h2-13H,14H2,1H3,(H,23,24)(H,25,26). The number of rotatable bonds is 7. The van der Waals surface area contributed by atoms with E-state index in [1.807, 2.05) is 24.3 Å². The van der Waals surface area contributed by atoms with E-state index >= 15 is 0 Å². The molecular weight excluding hydrogens is 358 g/mol. The molecule has 0 aliphatic heterocycles. The molecule has 28 heavy (non-hydrogen) atoms. The van der Waals surface area contributed by atoms with Gasteiger partial charge < -0.3 is 19.9 Å². The molecule has 0 aliphatic carbocycles. The molecule has 0 bridgehead atoms. The quantitative estimate of drug-likeness (QED) is 0.644. The molecule has 6 nitrogen and oxygen atoms in total. The van der Waals surface area contributed by atoms with Gasteiger partial charge in [0.1, 0.15) is 18.1 Å². The van der Waals surface area contributed by atoms with Crippen molar-refractivity contribution >= 4 is 17.6 Å². The van der Waals surface area contributed by atoms with Crippen molar-refractivity contribution in [2.75, 3.05) is 12.4 Å². The van der Waals surface area contributed by atoms with Crippen LogP contribution in [0.5, 0.6) is 11.5 Å². The Hall–Kier alpha value is -3.80. The molecule has 0 heterocycles. The molecule has 142 valence electrons. The molecule has 0 spiro atoms. The number of para-hydroxylation sites is 1. The summed E-state index contributed by atoms with van der Waals surface area (Å²) in [5.74, 6) is -0.00154. The Morgan fingerprint density at radius 2 is 1.54 bits per heavy atom. The molecule has 0 atom stereocenters. The normalized spacial score (nSPS) is 10.2. The van der Waals surface area contributed by atoms with Gasteiger partial charge in [0.15, 0.2) is 0 Å². The van der Waals surface area contributed by atoms with Gasteiger partial charge in [0, 0.05) is 5.56 Å². The summed E-state index contributed by atoms with van der Waals surface area (Å²) in [6.07, 6.45) is 0. The number of carbonyl (C=O) groups excluding carboxylic acids is 1. The van der Waals surface area contributed by atoms with Crippen molar-refractivity contribution < 1.29 is 24.2 Å². The lowest BCUT2D eigenvalue weighted by Gasteiger charge is -2.10. The van der Waals surface area contributed by atoms with Crippen LogP contribution in [0.25, 0.3) is 0 Å². The lowest BCUT2D eigenvalue weighted by atomic mass is 10.1. The molecule has 1 amide bonds. The van der Waals surface area contributed by atoms with Gasteiger partial charge in [-0.25, -0.2) is 4.79 Å². The van der Waals surface area contributed by atoms with E-state index in [0.29, 0.717) is 17.9 Å². The maximum atomic E-state index is 12.4. The average Bonchev–Trinajstić information content (AvgIpc) is 2.73. The summed E-state index contributed by atoms with van der Waals surface area (Å²) in [5, 5.41) is 11.8. The van der Waals surface area contributed by atoms with Gasteiger partial charge in [-0.2, -0.15) is 0 Å². The molecule has 0 aromatic heterocycles. The zero-order chi connectivity index (χ0) is 19.9. The van der Waals surface area contributed by atoms with Gasteiger partial charge in [0.2, 0.25) is 0 Å². The van der Waals surface area contributed by atoms with Crippen LogP contribution in [0.15, 0.2) is 72.8 Å². The van der Waals surface area contributed by atoms with Gasteiger partial charge in [-0.1, -0.05) is 24.3 Å². The number of nitrogens with one attached hydrogen (secondary N) is 1. The molecule has 0 aliphatic rings. The number of hydrogen-bond acceptors (Lipinski definition) is 4. The number of carboxylic acid groups (broad SMARTS) is 1. The SMILES string of the molecule is COc1ccc(OCc2ccc(C(=O)Nc3ccccc3C(=O)O)cc2)cc1. The van der Waals surface area contributed by atoms with Crippen LogP contribution in [0.4, 0.5) is 5.69 Å². The summed E-state index contributed by atoms with van der Waals surface area (Å²) in [4.78, 5) is 23.6. The van der Waals surface area contributed by atoms with E-state index in [1.54, 1.807) is 49.6 Å². The van der Waals surface area contributed by atoms with Crippen molar-refractivity contribution in [1.82, 2.24) is 0 Å². The zero-order valence-electron chi connectivity index (χ0n) is 15.2. The zero-order valence-corrected chi connectivity index (χ0v) is 15.2. The van der Waals surface area contributed by atoms with Crippen molar-refractivity contribution in [2.45, 2.75) is 6.61 Å². The van der Waals surface area contributed by atoms with Gasteiger partial charge in [-0.15, -0.1) is 0 Å². The smallest absolute Gasteiger partial charge is 0.337 e. The fourth-order valence-electron chi connectivity index (χ4n) is 2.56. The average molecular weight is 377 g/mol. The van der Waals surface area contributed by atoms with Gasteiger partial charge in [-0.3, -0.25) is 4.79 Å². The third-order valence-corrected chi connectivity index (χ3v) is 4.09. The molecule has 3 aromatic rings. The Balaban J connectivity index is 1.62. The fraction of sp³-hybridized carbons (Fsp3) is 0.0909. The number of benzene rings is 3. The minimum atomic E-state index is -1.10. The lowest BCUT2D eigenvalue weighted by molar-refractivity contribution is 0.0698. The minimum absolute atomic E-state index is 0.0420. The van der Waals surface area contributed by atoms with Crippen LogP contribution in [0, 0.1) is 0 Å². The second-order valence-electron chi connectivity index (χ2n) is 5.97. The molecule has 0 radical (unpaired) electrons. The molecule has 0 saturated heterocycles. The van der Waals surface area contributed by atoms with Crippen molar-refractivity contribution in [3.05, 3.63) is 89.5 Å². The first kappa shape index (κ1) is 19.0. The monoisotopic (exact) mass is 377 g/mol. The van der Waals surface area contributed by atoms with Gasteiger partial charge >= 0.3 is 5.97 Å². The molecule has 0 saturated carbocycles. The van der Waals surface area contributed by atoms with Crippen LogP contribution in [0.2, 0.25) is 0 Å². The number of carboxylic acids is 1. The summed E-state index contributed by atoms with van der Waals surface area (Å²) in [7, 11) is 1.60. The molecule has 3 rings (SSSR count). The topological polar surface area (TPSA) is 84.9 Å². The summed E-state index contributed by atoms with van der Waals surface area (Å²) in [6.45, 7) is 0.357. The number of aromatic carboxylic acids is 1. The third-order valence-electron chi connectivity index (χ3n) is 4.09. The summed E-state index contributed by atoms with van der Waals surface area (Å²) in [6, 6.07) is 20.5. The van der Waals surface area contributed by atoms with Gasteiger partial charge in [0.25, 0.3) is 5.91 Å². The lowest BCUT2D eigenvalue weighted by Crippen LogP contribution is -2.14. The van der Waals surface area contributed by atoms with Gasteiger partial charge in [0.05, 0.1) is 18.4 Å². The van der Waals surface area contributed by atoms with Crippen molar-refractivity contribution in [3.8, 4) is 11.5 Å². The van der Waals surface area contributed by atoms with E-state index in [0.717, 1.165) is 11.3 Å². The first-order valence-electron chi connectivity index (χ1n) is 8.56. The van der Waals surface area contributed by atoms with Crippen LogP contribution < -0.4 is 14.8 Å². The maximum absolute atomic E-state index is 12.4. The molecule has 0 fully saturated rings. The number of methoxy groups -OCH3 is 1. The van der Waals surface area contributed by atoms with E-state index < -0.39 is 5.97 Å². The summed E-state index contributed by atoms with van der Waals surface area (Å²) < 4.78 is 10.8. The minimum Gasteiger partial charge on any atom is -0.497 e. The Kier molecular flexibility index (Phi) is 5.91. The molecular formula is C22H19NO5. The highest BCUT2D eigenvalue weighted by Crippen LogP contribution is 2.19. The van der Waals surface area contributed by atoms with E-state index in [1.165, 1.54) is 6.07 Å². The van der Waals surface area contributed by atoms with E-state index in [9.17, 15) is 14.7 Å². The fourth-order valence-corrected chi connectivity index (χ4v) is 2.56. The van der Waals surface area contributed by atoms with E-state index in [-0.39, 0.29) is 17.2 Å². The largest absolute Gasteiger partial charge is 0.497 e. The second kappa shape index (κ2) is 8.73. The van der Waals surface area contributed by atoms with Crippen LogP contribution >= 0.6 is 0 Å². The molecule has 6 heteroatoms. The predicted octanol–water partition coefficient (Wildman–Crippen LogP) is 4.22. The first-order chi connectivity index (χ1) is 13.6. The number of anilines is 1. The number of ether oxygens (including phenoxy) is 2. The Labute approximate surface area is 162 Å². The van der Waals surface area contributed by atoms with Crippen molar-refractivity contribution in [3.63, 3.8) is 0 Å². The summed E-state index contributed by atoms with van der Waals surface area (Å²) in [5.41, 5.74) is 1.62. The Bertz CT molecular complexity index is 965. The van der Waals surface area contributed by atoms with Crippen LogP contribution in [-0.2, 0) is 6.61 Å². The highest BCUT2D eigenvalue weighted by Gasteiger charge is 2.13. The molecule has 3 aromatic carbocycles. The summed E-state index contributed by atoms with van der Waals surface area (Å²) >= 11 is 0. The first-order valence-corrected chi connectivity index (χ1v) is 8.56. The van der Waals surface area contributed by atoms with Crippen LogP contribution in [-0.4, -0.2) is 24.1 Å².